The predicted molar refractivity (Wildman–Crippen MR) is 46.9 cm³/mol. The number of hydrogen-bond acceptors (Lipinski definition) is 2. The van der Waals surface area contributed by atoms with Crippen molar-refractivity contribution in [3.8, 4) is 11.8 Å². The van der Waals surface area contributed by atoms with E-state index < -0.39 is 0 Å². The molecule has 10 heavy (non-hydrogen) atoms. The zero-order chi connectivity index (χ0) is 7.23. The molecule has 56 valence electrons. The lowest BCUT2D eigenvalue weighted by Gasteiger charge is -2.15. The first kappa shape index (κ1) is 7.97. The zero-order valence-electron chi connectivity index (χ0n) is 6.10. The van der Waals surface area contributed by atoms with Crippen LogP contribution in [-0.2, 0) is 0 Å². The van der Waals surface area contributed by atoms with E-state index in [4.69, 9.17) is 5.73 Å². The third kappa shape index (κ3) is 2.64. The second kappa shape index (κ2) is 4.65. The molecule has 1 aliphatic rings. The lowest BCUT2D eigenvalue weighted by Crippen LogP contribution is -2.08. The Labute approximate surface area is 66.8 Å². The van der Waals surface area contributed by atoms with E-state index in [-0.39, 0.29) is 0 Å². The minimum absolute atomic E-state index is 0.515. The highest BCUT2D eigenvalue weighted by atomic mass is 32.2. The van der Waals surface area contributed by atoms with E-state index in [0.717, 1.165) is 0 Å². The second-order valence-electron chi connectivity index (χ2n) is 2.44. The van der Waals surface area contributed by atoms with Crippen LogP contribution in [0.15, 0.2) is 0 Å². The van der Waals surface area contributed by atoms with Crippen molar-refractivity contribution >= 4 is 11.8 Å². The van der Waals surface area contributed by atoms with E-state index in [2.05, 4.69) is 11.8 Å². The van der Waals surface area contributed by atoms with Crippen molar-refractivity contribution in [1.29, 1.82) is 0 Å². The van der Waals surface area contributed by atoms with Crippen molar-refractivity contribution in [2.45, 2.75) is 12.8 Å². The van der Waals surface area contributed by atoms with Crippen molar-refractivity contribution in [2.24, 2.45) is 11.7 Å². The minimum atomic E-state index is 0.515. The smallest absolute Gasteiger partial charge is 0.0551 e. The molecular formula is C8H13NS. The monoisotopic (exact) mass is 155 g/mol. The lowest BCUT2D eigenvalue weighted by molar-refractivity contribution is 0.648. The van der Waals surface area contributed by atoms with Crippen LogP contribution in [0, 0.1) is 17.8 Å². The molecule has 0 aromatic carbocycles. The molecule has 1 atom stereocenters. The Balaban J connectivity index is 2.25. The Bertz CT molecular complexity index is 139. The molecule has 2 heteroatoms. The minimum Gasteiger partial charge on any atom is -0.320 e. The average Bonchev–Trinajstić information content (AvgIpc) is 2.03. The van der Waals surface area contributed by atoms with Gasteiger partial charge in [-0.1, -0.05) is 11.8 Å². The highest BCUT2D eigenvalue weighted by Gasteiger charge is 2.09. The fraction of sp³-hybridized carbons (Fsp3) is 0.750. The van der Waals surface area contributed by atoms with Gasteiger partial charge in [0, 0.05) is 11.7 Å². The topological polar surface area (TPSA) is 26.0 Å². The maximum absolute atomic E-state index is 5.27. The summed E-state index contributed by atoms with van der Waals surface area (Å²) in [6.07, 6.45) is 2.61. The van der Waals surface area contributed by atoms with E-state index in [0.29, 0.717) is 12.5 Å². The molecule has 1 fully saturated rings. The number of rotatable bonds is 0. The maximum atomic E-state index is 5.27. The highest BCUT2D eigenvalue weighted by Crippen LogP contribution is 2.21. The summed E-state index contributed by atoms with van der Waals surface area (Å²) in [7, 11) is 0. The van der Waals surface area contributed by atoms with Gasteiger partial charge in [0.25, 0.3) is 0 Å². The van der Waals surface area contributed by atoms with Crippen molar-refractivity contribution < 1.29 is 0 Å². The molecule has 0 bridgehead atoms. The van der Waals surface area contributed by atoms with Crippen LogP contribution in [0.3, 0.4) is 0 Å². The van der Waals surface area contributed by atoms with E-state index in [9.17, 15) is 0 Å². The number of nitrogens with two attached hydrogens (primary N) is 1. The molecule has 0 spiro atoms. The first-order valence-corrected chi connectivity index (χ1v) is 4.85. The van der Waals surface area contributed by atoms with Crippen LogP contribution >= 0.6 is 11.8 Å². The van der Waals surface area contributed by atoms with Gasteiger partial charge in [0.15, 0.2) is 0 Å². The van der Waals surface area contributed by atoms with Crippen molar-refractivity contribution in [3.05, 3.63) is 0 Å². The fourth-order valence-corrected chi connectivity index (χ4v) is 2.13. The maximum Gasteiger partial charge on any atom is 0.0551 e. The molecule has 1 heterocycles. The summed E-state index contributed by atoms with van der Waals surface area (Å²) in [6, 6.07) is 0. The van der Waals surface area contributed by atoms with Gasteiger partial charge >= 0.3 is 0 Å². The third-order valence-electron chi connectivity index (χ3n) is 1.57. The normalized spacial score (nSPS) is 25.1. The molecule has 1 unspecified atom stereocenters. The third-order valence-corrected chi connectivity index (χ3v) is 2.78. The molecule has 1 rings (SSSR count). The van der Waals surface area contributed by atoms with Crippen LogP contribution in [-0.4, -0.2) is 18.1 Å². The molecule has 2 N–H and O–H groups in total. The number of thioether (sulfide) groups is 1. The van der Waals surface area contributed by atoms with E-state index >= 15 is 0 Å². The standard InChI is InChI=1S/C8H13NS/c9-5-1-3-8-4-2-6-10-7-8/h8H,2,4-7,9H2. The quantitative estimate of drug-likeness (QED) is 0.530. The Morgan fingerprint density at radius 3 is 3.10 bits per heavy atom. The van der Waals surface area contributed by atoms with Gasteiger partial charge in [-0.2, -0.15) is 11.8 Å². The van der Waals surface area contributed by atoms with Crippen LogP contribution in [0.5, 0.6) is 0 Å². The van der Waals surface area contributed by atoms with E-state index in [1.807, 2.05) is 11.8 Å². The van der Waals surface area contributed by atoms with Gasteiger partial charge in [0.1, 0.15) is 0 Å². The van der Waals surface area contributed by atoms with Crippen LogP contribution in [0.25, 0.3) is 0 Å². The van der Waals surface area contributed by atoms with Gasteiger partial charge < -0.3 is 5.73 Å². The Morgan fingerprint density at radius 2 is 2.50 bits per heavy atom. The molecule has 1 saturated heterocycles. The molecule has 1 nitrogen and oxygen atoms in total. The van der Waals surface area contributed by atoms with E-state index in [1.165, 1.54) is 24.3 Å². The van der Waals surface area contributed by atoms with Gasteiger partial charge in [0.05, 0.1) is 6.54 Å². The average molecular weight is 155 g/mol. The first-order chi connectivity index (χ1) is 4.93. The Morgan fingerprint density at radius 1 is 1.60 bits per heavy atom. The van der Waals surface area contributed by atoms with Crippen LogP contribution < -0.4 is 5.73 Å². The van der Waals surface area contributed by atoms with Crippen LogP contribution in [0.4, 0.5) is 0 Å². The van der Waals surface area contributed by atoms with Crippen molar-refractivity contribution in [2.75, 3.05) is 18.1 Å². The highest BCUT2D eigenvalue weighted by molar-refractivity contribution is 7.99. The number of hydrogen-bond donors (Lipinski definition) is 1. The summed E-state index contributed by atoms with van der Waals surface area (Å²) in [5.74, 6) is 9.27. The SMILES string of the molecule is NCC#CC1CCCSC1. The lowest BCUT2D eigenvalue weighted by atomic mass is 10.1. The van der Waals surface area contributed by atoms with Gasteiger partial charge in [-0.25, -0.2) is 0 Å². The molecule has 0 amide bonds. The zero-order valence-corrected chi connectivity index (χ0v) is 6.91. The summed E-state index contributed by atoms with van der Waals surface area (Å²) in [5.41, 5.74) is 5.27. The van der Waals surface area contributed by atoms with Crippen molar-refractivity contribution in [3.63, 3.8) is 0 Å². The Kier molecular flexibility index (Phi) is 3.71. The molecule has 0 aromatic heterocycles. The molecule has 1 aliphatic heterocycles. The molecule has 0 radical (unpaired) electrons. The molecule has 0 aromatic rings. The summed E-state index contributed by atoms with van der Waals surface area (Å²) in [6.45, 7) is 0.515. The Hall–Kier alpha value is -0.130. The molecule has 0 saturated carbocycles. The van der Waals surface area contributed by atoms with Gasteiger partial charge in [-0.15, -0.1) is 0 Å². The van der Waals surface area contributed by atoms with E-state index in [1.54, 1.807) is 0 Å². The summed E-state index contributed by atoms with van der Waals surface area (Å²) in [5, 5.41) is 0. The molecule has 0 aliphatic carbocycles. The second-order valence-corrected chi connectivity index (χ2v) is 3.59. The molecular weight excluding hydrogens is 142 g/mol. The summed E-state index contributed by atoms with van der Waals surface area (Å²) < 4.78 is 0. The fourth-order valence-electron chi connectivity index (χ4n) is 1.06. The first-order valence-electron chi connectivity index (χ1n) is 3.69. The van der Waals surface area contributed by atoms with Crippen LogP contribution in [0.1, 0.15) is 12.8 Å². The van der Waals surface area contributed by atoms with Gasteiger partial charge in [-0.3, -0.25) is 0 Å². The van der Waals surface area contributed by atoms with Crippen molar-refractivity contribution in [1.82, 2.24) is 0 Å². The van der Waals surface area contributed by atoms with Gasteiger partial charge in [0.2, 0.25) is 0 Å². The van der Waals surface area contributed by atoms with Gasteiger partial charge in [-0.05, 0) is 18.6 Å². The summed E-state index contributed by atoms with van der Waals surface area (Å²) in [4.78, 5) is 0. The largest absolute Gasteiger partial charge is 0.320 e. The summed E-state index contributed by atoms with van der Waals surface area (Å²) >= 11 is 2.01. The predicted octanol–water partition coefficient (Wildman–Crippen LogP) is 1.09. The van der Waals surface area contributed by atoms with Crippen LogP contribution in [0.2, 0.25) is 0 Å².